The number of aromatic nitrogens is 1. The van der Waals surface area contributed by atoms with E-state index in [1.807, 2.05) is 0 Å². The molecule has 0 aliphatic rings. The maximum Gasteiger partial charge on any atom is 0.0224 e. The van der Waals surface area contributed by atoms with Gasteiger partial charge in [0.15, 0.2) is 0 Å². The van der Waals surface area contributed by atoms with Crippen LogP contribution in [-0.2, 0) is 13.1 Å². The van der Waals surface area contributed by atoms with Crippen molar-refractivity contribution < 1.29 is 0 Å². The number of nitrogens with zero attached hydrogens (tertiary/aromatic N) is 1. The molecule has 1 N–H and O–H groups in total. The normalized spacial score (nSPS) is 12.0. The minimum Gasteiger partial charge on any atom is -0.354 e. The lowest BCUT2D eigenvalue weighted by Gasteiger charge is -2.18. The van der Waals surface area contributed by atoms with Crippen LogP contribution in [0.15, 0.2) is 18.5 Å². The van der Waals surface area contributed by atoms with E-state index >= 15 is 0 Å². The van der Waals surface area contributed by atoms with E-state index in [1.54, 1.807) is 0 Å². The Hall–Kier alpha value is -0.760. The van der Waals surface area contributed by atoms with Gasteiger partial charge in [0.25, 0.3) is 0 Å². The summed E-state index contributed by atoms with van der Waals surface area (Å²) in [6, 6.07) is 2.20. The van der Waals surface area contributed by atoms with Gasteiger partial charge in [0, 0.05) is 25.5 Å². The summed E-state index contributed by atoms with van der Waals surface area (Å²) < 4.78 is 2.29. The summed E-state index contributed by atoms with van der Waals surface area (Å²) in [6.45, 7) is 12.1. The second kappa shape index (κ2) is 5.36. The van der Waals surface area contributed by atoms with Crippen molar-refractivity contribution >= 4 is 0 Å². The van der Waals surface area contributed by atoms with Crippen molar-refractivity contribution in [1.82, 2.24) is 9.88 Å². The van der Waals surface area contributed by atoms with Crippen LogP contribution in [0.5, 0.6) is 0 Å². The monoisotopic (exact) mass is 208 g/mol. The number of nitrogens with one attached hydrogen (secondary N) is 1. The first-order valence-electron chi connectivity index (χ1n) is 5.86. The number of aryl methyl sites for hydroxylation is 1. The standard InChI is InChI=1S/C13H24N2/c1-5-14-10-12-6-8-15(11-12)9-7-13(2,3)4/h6,8,11,14H,5,7,9-10H2,1-4H3. The van der Waals surface area contributed by atoms with Gasteiger partial charge in [0.05, 0.1) is 0 Å². The summed E-state index contributed by atoms with van der Waals surface area (Å²) in [5.74, 6) is 0. The Morgan fingerprint density at radius 2 is 2.07 bits per heavy atom. The quantitative estimate of drug-likeness (QED) is 0.787. The Morgan fingerprint density at radius 1 is 1.33 bits per heavy atom. The van der Waals surface area contributed by atoms with E-state index in [-0.39, 0.29) is 0 Å². The van der Waals surface area contributed by atoms with Crippen LogP contribution in [0.25, 0.3) is 0 Å². The molecule has 0 bridgehead atoms. The zero-order chi connectivity index (χ0) is 11.3. The molecular weight excluding hydrogens is 184 g/mol. The first kappa shape index (κ1) is 12.3. The highest BCUT2D eigenvalue weighted by Crippen LogP contribution is 2.19. The van der Waals surface area contributed by atoms with Crippen molar-refractivity contribution in [2.75, 3.05) is 6.54 Å². The third kappa shape index (κ3) is 5.03. The van der Waals surface area contributed by atoms with E-state index in [0.717, 1.165) is 19.6 Å². The smallest absolute Gasteiger partial charge is 0.0224 e. The average molecular weight is 208 g/mol. The zero-order valence-corrected chi connectivity index (χ0v) is 10.5. The van der Waals surface area contributed by atoms with Crippen LogP contribution < -0.4 is 5.32 Å². The molecule has 0 radical (unpaired) electrons. The van der Waals surface area contributed by atoms with Crippen LogP contribution in [0.4, 0.5) is 0 Å². The molecule has 2 nitrogen and oxygen atoms in total. The zero-order valence-electron chi connectivity index (χ0n) is 10.5. The van der Waals surface area contributed by atoms with Crippen molar-refractivity contribution in [3.05, 3.63) is 24.0 Å². The Morgan fingerprint density at radius 3 is 2.67 bits per heavy atom. The Balaban J connectivity index is 2.39. The molecule has 2 heteroatoms. The summed E-state index contributed by atoms with van der Waals surface area (Å²) in [4.78, 5) is 0. The number of rotatable bonds is 5. The molecule has 0 aromatic carbocycles. The fourth-order valence-electron chi connectivity index (χ4n) is 1.47. The molecule has 86 valence electrons. The van der Waals surface area contributed by atoms with Gasteiger partial charge in [-0.2, -0.15) is 0 Å². The van der Waals surface area contributed by atoms with E-state index in [0.29, 0.717) is 5.41 Å². The third-order valence-corrected chi connectivity index (χ3v) is 2.51. The maximum atomic E-state index is 3.34. The molecule has 1 rings (SSSR count). The van der Waals surface area contributed by atoms with E-state index in [4.69, 9.17) is 0 Å². The van der Waals surface area contributed by atoms with Gasteiger partial charge in [-0.05, 0) is 30.0 Å². The predicted octanol–water partition coefficient (Wildman–Crippen LogP) is 3.03. The van der Waals surface area contributed by atoms with E-state index in [2.05, 4.69) is 56.0 Å². The van der Waals surface area contributed by atoms with Gasteiger partial charge in [-0.15, -0.1) is 0 Å². The lowest BCUT2D eigenvalue weighted by molar-refractivity contribution is 0.350. The van der Waals surface area contributed by atoms with Crippen molar-refractivity contribution in [3.8, 4) is 0 Å². The average Bonchev–Trinajstić information content (AvgIpc) is 2.58. The first-order valence-corrected chi connectivity index (χ1v) is 5.86. The molecule has 0 unspecified atom stereocenters. The van der Waals surface area contributed by atoms with Gasteiger partial charge < -0.3 is 9.88 Å². The molecule has 0 spiro atoms. The fourth-order valence-corrected chi connectivity index (χ4v) is 1.47. The minimum absolute atomic E-state index is 0.423. The molecule has 0 saturated carbocycles. The fraction of sp³-hybridized carbons (Fsp3) is 0.692. The maximum absolute atomic E-state index is 3.34. The molecule has 0 fully saturated rings. The molecule has 1 aromatic rings. The van der Waals surface area contributed by atoms with Gasteiger partial charge in [0.1, 0.15) is 0 Å². The van der Waals surface area contributed by atoms with Crippen LogP contribution >= 0.6 is 0 Å². The molecule has 0 saturated heterocycles. The highest BCUT2D eigenvalue weighted by molar-refractivity contribution is 5.09. The van der Waals surface area contributed by atoms with Gasteiger partial charge in [0.2, 0.25) is 0 Å². The largest absolute Gasteiger partial charge is 0.354 e. The van der Waals surface area contributed by atoms with Crippen molar-refractivity contribution in [2.45, 2.75) is 47.2 Å². The van der Waals surface area contributed by atoms with Crippen LogP contribution in [0, 0.1) is 5.41 Å². The molecular formula is C13H24N2. The first-order chi connectivity index (χ1) is 7.01. The summed E-state index contributed by atoms with van der Waals surface area (Å²) in [6.07, 6.45) is 5.65. The summed E-state index contributed by atoms with van der Waals surface area (Å²) in [5.41, 5.74) is 1.80. The van der Waals surface area contributed by atoms with E-state index < -0.39 is 0 Å². The molecule has 15 heavy (non-hydrogen) atoms. The van der Waals surface area contributed by atoms with Gasteiger partial charge in [-0.25, -0.2) is 0 Å². The number of hydrogen-bond acceptors (Lipinski definition) is 1. The van der Waals surface area contributed by atoms with Crippen LogP contribution in [0.2, 0.25) is 0 Å². The second-order valence-electron chi connectivity index (χ2n) is 5.35. The second-order valence-corrected chi connectivity index (χ2v) is 5.35. The molecule has 1 aromatic heterocycles. The van der Waals surface area contributed by atoms with E-state index in [9.17, 15) is 0 Å². The predicted molar refractivity (Wildman–Crippen MR) is 65.9 cm³/mol. The van der Waals surface area contributed by atoms with Crippen molar-refractivity contribution in [3.63, 3.8) is 0 Å². The topological polar surface area (TPSA) is 17.0 Å². The highest BCUT2D eigenvalue weighted by Gasteiger charge is 2.09. The Labute approximate surface area is 93.7 Å². The van der Waals surface area contributed by atoms with Gasteiger partial charge in [-0.1, -0.05) is 27.7 Å². The highest BCUT2D eigenvalue weighted by atomic mass is 14.9. The summed E-state index contributed by atoms with van der Waals surface area (Å²) in [7, 11) is 0. The van der Waals surface area contributed by atoms with Crippen molar-refractivity contribution in [1.29, 1.82) is 0 Å². The Kier molecular flexibility index (Phi) is 4.40. The minimum atomic E-state index is 0.423. The summed E-state index contributed by atoms with van der Waals surface area (Å²) >= 11 is 0. The Bertz CT molecular complexity index is 281. The van der Waals surface area contributed by atoms with Crippen LogP contribution in [0.1, 0.15) is 39.7 Å². The van der Waals surface area contributed by atoms with Gasteiger partial charge in [-0.3, -0.25) is 0 Å². The SMILES string of the molecule is CCNCc1ccn(CCC(C)(C)C)c1. The molecule has 0 atom stereocenters. The van der Waals surface area contributed by atoms with Gasteiger partial charge >= 0.3 is 0 Å². The lowest BCUT2D eigenvalue weighted by Crippen LogP contribution is -2.11. The van der Waals surface area contributed by atoms with Crippen LogP contribution in [0.3, 0.4) is 0 Å². The van der Waals surface area contributed by atoms with Crippen LogP contribution in [-0.4, -0.2) is 11.1 Å². The molecule has 1 heterocycles. The molecule has 0 amide bonds. The summed E-state index contributed by atoms with van der Waals surface area (Å²) in [5, 5.41) is 3.34. The lowest BCUT2D eigenvalue weighted by atomic mass is 9.92. The third-order valence-electron chi connectivity index (χ3n) is 2.51. The number of hydrogen-bond donors (Lipinski definition) is 1. The van der Waals surface area contributed by atoms with Crippen molar-refractivity contribution in [2.24, 2.45) is 5.41 Å². The molecule has 0 aliphatic carbocycles. The van der Waals surface area contributed by atoms with E-state index in [1.165, 1.54) is 12.0 Å². The molecule has 0 aliphatic heterocycles.